The van der Waals surface area contributed by atoms with Crippen LogP contribution in [0.3, 0.4) is 0 Å². The molecule has 0 atom stereocenters. The molecule has 0 aliphatic carbocycles. The van der Waals surface area contributed by atoms with Crippen LogP contribution in [0.2, 0.25) is 0 Å². The molecule has 2 amide bonds. The molecule has 1 aromatic carbocycles. The molecule has 3 heterocycles. The Kier molecular flexibility index (Phi) is 6.08. The lowest BCUT2D eigenvalue weighted by molar-refractivity contribution is -0.116. The molecule has 1 aliphatic heterocycles. The molecule has 0 saturated heterocycles. The summed E-state index contributed by atoms with van der Waals surface area (Å²) in [6.07, 6.45) is 5.12. The van der Waals surface area contributed by atoms with Gasteiger partial charge in [-0.3, -0.25) is 14.2 Å². The number of aryl methyl sites for hydroxylation is 1. The molecular formula is C21H22N6O2S. The number of amides is 2. The van der Waals surface area contributed by atoms with Gasteiger partial charge in [-0.05, 0) is 43.5 Å². The van der Waals surface area contributed by atoms with Gasteiger partial charge in [0.1, 0.15) is 17.0 Å². The van der Waals surface area contributed by atoms with Gasteiger partial charge in [-0.2, -0.15) is 0 Å². The lowest BCUT2D eigenvalue weighted by atomic mass is 10.0. The first-order valence-electron chi connectivity index (χ1n) is 9.83. The van der Waals surface area contributed by atoms with E-state index in [1.807, 2.05) is 36.1 Å². The molecule has 0 unspecified atom stereocenters. The minimum Gasteiger partial charge on any atom is -0.351 e. The van der Waals surface area contributed by atoms with E-state index in [1.54, 1.807) is 16.8 Å². The smallest absolute Gasteiger partial charge is 0.271 e. The number of anilines is 1. The second-order valence-electron chi connectivity index (χ2n) is 6.82. The minimum absolute atomic E-state index is 0.0687. The molecule has 1 N–H and O–H groups in total. The fourth-order valence-corrected chi connectivity index (χ4v) is 4.04. The number of rotatable bonds is 6. The van der Waals surface area contributed by atoms with Crippen LogP contribution in [0.1, 0.15) is 29.4 Å². The fraction of sp³-hybridized carbons (Fsp3) is 0.286. The van der Waals surface area contributed by atoms with E-state index in [9.17, 15) is 9.59 Å². The van der Waals surface area contributed by atoms with Gasteiger partial charge < -0.3 is 10.2 Å². The van der Waals surface area contributed by atoms with E-state index in [-0.39, 0.29) is 11.8 Å². The number of hydrogen-bond acceptors (Lipinski definition) is 6. The Bertz CT molecular complexity index is 1050. The zero-order valence-corrected chi connectivity index (χ0v) is 17.4. The summed E-state index contributed by atoms with van der Waals surface area (Å²) < 4.78 is 1.64. The van der Waals surface area contributed by atoms with Gasteiger partial charge >= 0.3 is 0 Å². The van der Waals surface area contributed by atoms with Crippen LogP contribution in [-0.4, -0.2) is 50.4 Å². The van der Waals surface area contributed by atoms with E-state index < -0.39 is 0 Å². The number of nitrogens with one attached hydrogen (secondary N) is 1. The summed E-state index contributed by atoms with van der Waals surface area (Å²) >= 11 is 1.36. The van der Waals surface area contributed by atoms with Crippen molar-refractivity contribution in [3.05, 3.63) is 60.2 Å². The fourth-order valence-electron chi connectivity index (χ4n) is 3.35. The van der Waals surface area contributed by atoms with Crippen molar-refractivity contribution in [3.8, 4) is 5.82 Å². The summed E-state index contributed by atoms with van der Waals surface area (Å²) in [6.45, 7) is 3.14. The third-order valence-corrected chi connectivity index (χ3v) is 5.70. The van der Waals surface area contributed by atoms with Crippen LogP contribution in [-0.2, 0) is 11.2 Å². The van der Waals surface area contributed by atoms with Gasteiger partial charge in [0.25, 0.3) is 5.91 Å². The van der Waals surface area contributed by atoms with Gasteiger partial charge in [-0.25, -0.2) is 4.98 Å². The predicted octanol–water partition coefficient (Wildman–Crippen LogP) is 2.48. The average Bonchev–Trinajstić information content (AvgIpc) is 3.28. The SMILES string of the molecule is CCNC(=O)c1cn(-c2ccc(SCC(=O)N3CCCc4ccccc43)nn2)cn1. The molecule has 2 aromatic heterocycles. The summed E-state index contributed by atoms with van der Waals surface area (Å²) in [4.78, 5) is 30.5. The van der Waals surface area contributed by atoms with E-state index in [1.165, 1.54) is 23.7 Å². The van der Waals surface area contributed by atoms with E-state index in [0.29, 0.717) is 28.8 Å². The number of carbonyl (C=O) groups is 2. The Balaban J connectivity index is 1.38. The van der Waals surface area contributed by atoms with Gasteiger partial charge in [-0.1, -0.05) is 30.0 Å². The maximum atomic E-state index is 12.7. The third-order valence-electron chi connectivity index (χ3n) is 4.80. The zero-order chi connectivity index (χ0) is 20.9. The Morgan fingerprint density at radius 3 is 2.83 bits per heavy atom. The van der Waals surface area contributed by atoms with E-state index in [4.69, 9.17) is 0 Å². The minimum atomic E-state index is -0.228. The normalized spacial score (nSPS) is 13.0. The highest BCUT2D eigenvalue weighted by atomic mass is 32.2. The molecule has 30 heavy (non-hydrogen) atoms. The summed E-state index contributed by atoms with van der Waals surface area (Å²) in [6, 6.07) is 11.7. The molecule has 8 nitrogen and oxygen atoms in total. The van der Waals surface area contributed by atoms with Crippen LogP contribution in [0.4, 0.5) is 5.69 Å². The standard InChI is InChI=1S/C21H22N6O2S/c1-2-22-21(29)16-12-26(14-23-16)18-9-10-19(25-24-18)30-13-20(28)27-11-5-7-15-6-3-4-8-17(15)27/h3-4,6,8-10,12,14H,2,5,7,11,13H2,1H3,(H,22,29). The molecule has 0 saturated carbocycles. The van der Waals surface area contributed by atoms with Crippen LogP contribution in [0.5, 0.6) is 0 Å². The summed E-state index contributed by atoms with van der Waals surface area (Å²) in [7, 11) is 0. The predicted molar refractivity (Wildman–Crippen MR) is 115 cm³/mol. The first-order chi connectivity index (χ1) is 14.7. The average molecular weight is 423 g/mol. The van der Waals surface area contributed by atoms with Gasteiger partial charge in [0.15, 0.2) is 5.82 Å². The van der Waals surface area contributed by atoms with Crippen molar-refractivity contribution < 1.29 is 9.59 Å². The number of thioether (sulfide) groups is 1. The Morgan fingerprint density at radius 1 is 1.17 bits per heavy atom. The number of fused-ring (bicyclic) bond motifs is 1. The van der Waals surface area contributed by atoms with Gasteiger partial charge in [0, 0.05) is 25.0 Å². The van der Waals surface area contributed by atoms with Crippen molar-refractivity contribution >= 4 is 29.3 Å². The van der Waals surface area contributed by atoms with E-state index in [2.05, 4.69) is 26.6 Å². The number of benzene rings is 1. The molecule has 4 rings (SSSR count). The van der Waals surface area contributed by atoms with Gasteiger partial charge in [-0.15, -0.1) is 10.2 Å². The first kappa shape index (κ1) is 20.1. The second kappa shape index (κ2) is 9.08. The van der Waals surface area contributed by atoms with Crippen LogP contribution >= 0.6 is 11.8 Å². The van der Waals surface area contributed by atoms with E-state index in [0.717, 1.165) is 25.1 Å². The largest absolute Gasteiger partial charge is 0.351 e. The Labute approximate surface area is 178 Å². The molecule has 0 bridgehead atoms. The number of nitrogens with zero attached hydrogens (tertiary/aromatic N) is 5. The molecule has 1 aliphatic rings. The summed E-state index contributed by atoms with van der Waals surface area (Å²) in [5, 5.41) is 11.8. The number of aromatic nitrogens is 4. The van der Waals surface area contributed by atoms with Crippen molar-refractivity contribution in [2.24, 2.45) is 0 Å². The number of imidazole rings is 1. The monoisotopic (exact) mass is 422 g/mol. The molecule has 3 aromatic rings. The maximum absolute atomic E-state index is 12.7. The lowest BCUT2D eigenvalue weighted by Crippen LogP contribution is -2.36. The highest BCUT2D eigenvalue weighted by Gasteiger charge is 2.22. The first-order valence-corrected chi connectivity index (χ1v) is 10.8. The second-order valence-corrected chi connectivity index (χ2v) is 7.82. The Hall–Kier alpha value is -3.20. The topological polar surface area (TPSA) is 93.0 Å². The summed E-state index contributed by atoms with van der Waals surface area (Å²) in [5.74, 6) is 0.696. The number of hydrogen-bond donors (Lipinski definition) is 1. The lowest BCUT2D eigenvalue weighted by Gasteiger charge is -2.29. The van der Waals surface area contributed by atoms with Crippen molar-refractivity contribution in [1.29, 1.82) is 0 Å². The third kappa shape index (κ3) is 4.35. The Morgan fingerprint density at radius 2 is 2.03 bits per heavy atom. The molecular weight excluding hydrogens is 400 g/mol. The quantitative estimate of drug-likeness (QED) is 0.614. The van der Waals surface area contributed by atoms with Gasteiger partial charge in [0.2, 0.25) is 5.91 Å². The molecule has 154 valence electrons. The summed E-state index contributed by atoms with van der Waals surface area (Å²) in [5.41, 5.74) is 2.56. The number of carbonyl (C=O) groups excluding carboxylic acids is 2. The van der Waals surface area contributed by atoms with E-state index >= 15 is 0 Å². The van der Waals surface area contributed by atoms with Crippen molar-refractivity contribution in [3.63, 3.8) is 0 Å². The molecule has 0 spiro atoms. The molecule has 9 heteroatoms. The highest BCUT2D eigenvalue weighted by Crippen LogP contribution is 2.28. The highest BCUT2D eigenvalue weighted by molar-refractivity contribution is 7.99. The number of para-hydroxylation sites is 1. The van der Waals surface area contributed by atoms with Crippen molar-refractivity contribution in [2.45, 2.75) is 24.8 Å². The molecule has 0 radical (unpaired) electrons. The van der Waals surface area contributed by atoms with Crippen LogP contribution in [0, 0.1) is 0 Å². The van der Waals surface area contributed by atoms with Crippen LogP contribution in [0.25, 0.3) is 5.82 Å². The molecule has 0 fully saturated rings. The van der Waals surface area contributed by atoms with Crippen LogP contribution in [0.15, 0.2) is 53.9 Å². The van der Waals surface area contributed by atoms with Crippen molar-refractivity contribution in [2.75, 3.05) is 23.7 Å². The van der Waals surface area contributed by atoms with Crippen molar-refractivity contribution in [1.82, 2.24) is 25.1 Å². The van der Waals surface area contributed by atoms with Crippen LogP contribution < -0.4 is 10.2 Å². The van der Waals surface area contributed by atoms with Gasteiger partial charge in [0.05, 0.1) is 5.75 Å². The maximum Gasteiger partial charge on any atom is 0.271 e. The zero-order valence-electron chi connectivity index (χ0n) is 16.6.